The van der Waals surface area contributed by atoms with Crippen molar-refractivity contribution >= 4 is 20.6 Å². The Kier molecular flexibility index (Phi) is 2.04. The summed E-state index contributed by atoms with van der Waals surface area (Å²) >= 11 is 0. The smallest absolute Gasteiger partial charge is 0.176 e. The minimum absolute atomic E-state index is 0.367. The van der Waals surface area contributed by atoms with Gasteiger partial charge in [0.25, 0.3) is 0 Å². The summed E-state index contributed by atoms with van der Waals surface area (Å²) in [5.41, 5.74) is 0. The van der Waals surface area contributed by atoms with Gasteiger partial charge in [-0.15, -0.1) is 0 Å². The van der Waals surface area contributed by atoms with Gasteiger partial charge in [-0.3, -0.25) is 0 Å². The normalized spacial score (nSPS) is 11.8. The quantitative estimate of drug-likeness (QED) is 0.714. The number of rotatable bonds is 1. The molecule has 0 aromatic heterocycles. The fourth-order valence-corrected chi connectivity index (χ4v) is 2.34. The second-order valence-electron chi connectivity index (χ2n) is 3.16. The van der Waals surface area contributed by atoms with E-state index in [2.05, 4.69) is 6.07 Å². The maximum atomic E-state index is 11.4. The van der Waals surface area contributed by atoms with E-state index in [4.69, 9.17) is 0 Å². The molecule has 0 unspecified atom stereocenters. The average molecular weight is 205 g/mol. The van der Waals surface area contributed by atoms with E-state index in [1.165, 1.54) is 6.26 Å². The summed E-state index contributed by atoms with van der Waals surface area (Å²) in [5, 5.41) is 1.56. The molecule has 2 aromatic rings. The molecule has 0 atom stereocenters. The monoisotopic (exact) mass is 205 g/mol. The lowest BCUT2D eigenvalue weighted by atomic mass is 10.1. The van der Waals surface area contributed by atoms with Gasteiger partial charge in [0.15, 0.2) is 9.84 Å². The van der Waals surface area contributed by atoms with E-state index in [0.29, 0.717) is 4.90 Å². The zero-order valence-electron chi connectivity index (χ0n) is 7.69. The van der Waals surface area contributed by atoms with Crippen LogP contribution < -0.4 is 0 Å². The lowest BCUT2D eigenvalue weighted by Gasteiger charge is -2.02. The minimum Gasteiger partial charge on any atom is -0.224 e. The summed E-state index contributed by atoms with van der Waals surface area (Å²) in [4.78, 5) is 0.367. The third kappa shape index (κ3) is 1.51. The first kappa shape index (κ1) is 9.21. The summed E-state index contributed by atoms with van der Waals surface area (Å²) in [6.07, 6.45) is 1.22. The molecule has 0 saturated carbocycles. The fourth-order valence-electron chi connectivity index (χ4n) is 1.44. The van der Waals surface area contributed by atoms with Crippen LogP contribution in [0.5, 0.6) is 0 Å². The highest BCUT2D eigenvalue weighted by Crippen LogP contribution is 2.21. The standard InChI is InChI=1S/C11H9O2S/c1-14(12,13)11-8-4-6-9-5-2-3-7-10(9)11/h2-5,7-8H,1H3. The van der Waals surface area contributed by atoms with Crippen molar-refractivity contribution in [2.24, 2.45) is 0 Å². The Morgan fingerprint density at radius 1 is 1.14 bits per heavy atom. The van der Waals surface area contributed by atoms with Gasteiger partial charge in [0.05, 0.1) is 4.90 Å². The van der Waals surface area contributed by atoms with E-state index >= 15 is 0 Å². The van der Waals surface area contributed by atoms with Crippen molar-refractivity contribution in [2.75, 3.05) is 6.26 Å². The summed E-state index contributed by atoms with van der Waals surface area (Å²) in [5.74, 6) is 0. The van der Waals surface area contributed by atoms with Crippen LogP contribution in [0.4, 0.5) is 0 Å². The van der Waals surface area contributed by atoms with Gasteiger partial charge in [0.1, 0.15) is 0 Å². The third-order valence-electron chi connectivity index (χ3n) is 2.07. The lowest BCUT2D eigenvalue weighted by molar-refractivity contribution is 0.602. The zero-order chi connectivity index (χ0) is 10.2. The minimum atomic E-state index is -3.15. The highest BCUT2D eigenvalue weighted by Gasteiger charge is 2.10. The molecule has 2 aromatic carbocycles. The van der Waals surface area contributed by atoms with E-state index < -0.39 is 9.84 Å². The van der Waals surface area contributed by atoms with Gasteiger partial charge in [0, 0.05) is 11.6 Å². The van der Waals surface area contributed by atoms with Crippen LogP contribution in [0, 0.1) is 6.07 Å². The Bertz CT molecular complexity index is 565. The Labute approximate surface area is 83.1 Å². The molecule has 0 bridgehead atoms. The maximum Gasteiger partial charge on any atom is 0.176 e. The number of fused-ring (bicyclic) bond motifs is 1. The topological polar surface area (TPSA) is 34.1 Å². The molecule has 0 heterocycles. The molecule has 0 saturated heterocycles. The summed E-state index contributed by atoms with van der Waals surface area (Å²) in [6.45, 7) is 0. The highest BCUT2D eigenvalue weighted by atomic mass is 32.2. The van der Waals surface area contributed by atoms with E-state index in [9.17, 15) is 8.42 Å². The van der Waals surface area contributed by atoms with Crippen LogP contribution >= 0.6 is 0 Å². The molecule has 0 spiro atoms. The second-order valence-corrected chi connectivity index (χ2v) is 5.14. The first-order valence-electron chi connectivity index (χ1n) is 4.18. The van der Waals surface area contributed by atoms with Gasteiger partial charge >= 0.3 is 0 Å². The molecule has 0 aliphatic heterocycles. The van der Waals surface area contributed by atoms with Gasteiger partial charge in [-0.2, -0.15) is 0 Å². The van der Waals surface area contributed by atoms with Gasteiger partial charge < -0.3 is 0 Å². The molecule has 0 aliphatic rings. The molecule has 0 fully saturated rings. The van der Waals surface area contributed by atoms with Crippen molar-refractivity contribution in [3.63, 3.8) is 0 Å². The highest BCUT2D eigenvalue weighted by molar-refractivity contribution is 7.91. The fraction of sp³-hybridized carbons (Fsp3) is 0.0909. The Morgan fingerprint density at radius 3 is 2.57 bits per heavy atom. The predicted octanol–water partition coefficient (Wildman–Crippen LogP) is 2.04. The van der Waals surface area contributed by atoms with E-state index in [0.717, 1.165) is 10.8 Å². The van der Waals surface area contributed by atoms with E-state index in [-0.39, 0.29) is 0 Å². The van der Waals surface area contributed by atoms with Crippen molar-refractivity contribution in [1.29, 1.82) is 0 Å². The van der Waals surface area contributed by atoms with Crippen LogP contribution in [0.25, 0.3) is 10.8 Å². The molecule has 14 heavy (non-hydrogen) atoms. The molecule has 0 amide bonds. The van der Waals surface area contributed by atoms with E-state index in [1.807, 2.05) is 18.2 Å². The molecular formula is C11H9O2S. The first-order valence-corrected chi connectivity index (χ1v) is 6.08. The van der Waals surface area contributed by atoms with Gasteiger partial charge in [-0.1, -0.05) is 30.3 Å². The molecule has 1 radical (unpaired) electrons. The van der Waals surface area contributed by atoms with Gasteiger partial charge in [-0.05, 0) is 17.5 Å². The van der Waals surface area contributed by atoms with Crippen LogP contribution in [0.1, 0.15) is 0 Å². The van der Waals surface area contributed by atoms with Crippen LogP contribution in [0.3, 0.4) is 0 Å². The van der Waals surface area contributed by atoms with Crippen LogP contribution in [-0.2, 0) is 9.84 Å². The van der Waals surface area contributed by atoms with Crippen LogP contribution in [-0.4, -0.2) is 14.7 Å². The Morgan fingerprint density at radius 2 is 1.86 bits per heavy atom. The van der Waals surface area contributed by atoms with Crippen molar-refractivity contribution in [3.05, 3.63) is 42.5 Å². The molecule has 0 N–H and O–H groups in total. The van der Waals surface area contributed by atoms with Gasteiger partial charge in [0.2, 0.25) is 0 Å². The van der Waals surface area contributed by atoms with Gasteiger partial charge in [-0.25, -0.2) is 8.42 Å². The first-order chi connectivity index (χ1) is 6.59. The third-order valence-corrected chi connectivity index (χ3v) is 3.22. The second kappa shape index (κ2) is 3.10. The summed E-state index contributed by atoms with van der Waals surface area (Å²) in [6, 6.07) is 13.6. The molecule has 2 nitrogen and oxygen atoms in total. The number of hydrogen-bond donors (Lipinski definition) is 0. The van der Waals surface area contributed by atoms with Crippen molar-refractivity contribution in [1.82, 2.24) is 0 Å². The predicted molar refractivity (Wildman–Crippen MR) is 55.9 cm³/mol. The average Bonchev–Trinajstić information content (AvgIpc) is 2.15. The Hall–Kier alpha value is -1.35. The molecule has 0 aliphatic carbocycles. The Balaban J connectivity index is 2.92. The van der Waals surface area contributed by atoms with Crippen LogP contribution in [0.2, 0.25) is 0 Å². The molecular weight excluding hydrogens is 196 g/mol. The number of hydrogen-bond acceptors (Lipinski definition) is 2. The van der Waals surface area contributed by atoms with E-state index in [1.54, 1.807) is 18.2 Å². The number of benzene rings is 2. The maximum absolute atomic E-state index is 11.4. The van der Waals surface area contributed by atoms with Crippen molar-refractivity contribution in [3.8, 4) is 0 Å². The number of sulfone groups is 1. The van der Waals surface area contributed by atoms with Crippen molar-refractivity contribution < 1.29 is 8.42 Å². The van der Waals surface area contributed by atoms with Crippen molar-refractivity contribution in [2.45, 2.75) is 4.90 Å². The summed E-state index contributed by atoms with van der Waals surface area (Å²) < 4.78 is 22.9. The molecule has 71 valence electrons. The largest absolute Gasteiger partial charge is 0.224 e. The zero-order valence-corrected chi connectivity index (χ0v) is 8.51. The molecule has 2 rings (SSSR count). The lowest BCUT2D eigenvalue weighted by Crippen LogP contribution is -1.97. The summed E-state index contributed by atoms with van der Waals surface area (Å²) in [7, 11) is -3.15. The SMILES string of the molecule is CS(=O)(=O)c1cc[c]c2ccccc12. The molecule has 3 heteroatoms. The van der Waals surface area contributed by atoms with Crippen LogP contribution in [0.15, 0.2) is 41.3 Å².